The van der Waals surface area contributed by atoms with Crippen molar-refractivity contribution in [3.8, 4) is 5.75 Å². The summed E-state index contributed by atoms with van der Waals surface area (Å²) in [7, 11) is 0. The predicted octanol–water partition coefficient (Wildman–Crippen LogP) is 0.469. The molecule has 12 nitrogen and oxygen atoms in total. The van der Waals surface area contributed by atoms with E-state index < -0.39 is 53.8 Å². The van der Waals surface area contributed by atoms with Crippen LogP contribution in [0.25, 0.3) is 0 Å². The average molecular weight is 531 g/mol. The Bertz CT molecular complexity index is 1070. The number of aromatic hydroxyl groups is 1. The normalized spacial score (nSPS) is 15.1. The van der Waals surface area contributed by atoms with Crippen molar-refractivity contribution >= 4 is 23.7 Å². The largest absolute Gasteiger partial charge is 0.508 e. The highest BCUT2D eigenvalue weighted by molar-refractivity contribution is 5.94. The lowest BCUT2D eigenvalue weighted by molar-refractivity contribution is -0.143. The molecule has 3 amide bonds. The number of H-pyrrole nitrogens is 1. The number of carbonyl (C=O) groups is 4. The van der Waals surface area contributed by atoms with Gasteiger partial charge in [0.15, 0.2) is 0 Å². The van der Waals surface area contributed by atoms with Crippen molar-refractivity contribution in [2.45, 2.75) is 71.1 Å². The van der Waals surface area contributed by atoms with Gasteiger partial charge in [-0.3, -0.25) is 14.4 Å². The number of imidazole rings is 1. The van der Waals surface area contributed by atoms with Gasteiger partial charge in [-0.1, -0.05) is 46.2 Å². The second kappa shape index (κ2) is 14.1. The van der Waals surface area contributed by atoms with Gasteiger partial charge in [0, 0.05) is 24.7 Å². The van der Waals surface area contributed by atoms with E-state index in [4.69, 9.17) is 5.73 Å². The van der Waals surface area contributed by atoms with Gasteiger partial charge in [0.2, 0.25) is 17.7 Å². The zero-order chi connectivity index (χ0) is 28.4. The number of carboxylic acid groups (broad SMARTS) is 1. The van der Waals surface area contributed by atoms with Crippen LogP contribution in [0.15, 0.2) is 36.8 Å². The molecule has 5 unspecified atom stereocenters. The lowest BCUT2D eigenvalue weighted by atomic mass is 9.96. The van der Waals surface area contributed by atoms with Crippen molar-refractivity contribution in [2.24, 2.45) is 17.6 Å². The number of hydrogen-bond acceptors (Lipinski definition) is 7. The molecular formula is C26H38N6O6. The summed E-state index contributed by atoms with van der Waals surface area (Å²) in [6, 6.07) is 1.86. The maximum Gasteiger partial charge on any atom is 0.326 e. The maximum atomic E-state index is 13.4. The number of phenols is 1. The van der Waals surface area contributed by atoms with Crippen molar-refractivity contribution in [1.29, 1.82) is 0 Å². The molecule has 0 saturated heterocycles. The number of carbonyl (C=O) groups excluding carboxylic acids is 3. The van der Waals surface area contributed by atoms with E-state index in [-0.39, 0.29) is 24.5 Å². The predicted molar refractivity (Wildman–Crippen MR) is 140 cm³/mol. The fourth-order valence-corrected chi connectivity index (χ4v) is 3.79. The van der Waals surface area contributed by atoms with Gasteiger partial charge in [-0.15, -0.1) is 0 Å². The van der Waals surface area contributed by atoms with Crippen LogP contribution in [0.4, 0.5) is 0 Å². The molecule has 38 heavy (non-hydrogen) atoms. The van der Waals surface area contributed by atoms with E-state index in [0.29, 0.717) is 17.7 Å². The number of aliphatic carboxylic acids is 1. The molecule has 1 heterocycles. The smallest absolute Gasteiger partial charge is 0.326 e. The minimum atomic E-state index is -1.20. The first-order valence-electron chi connectivity index (χ1n) is 12.6. The van der Waals surface area contributed by atoms with Gasteiger partial charge in [-0.25, -0.2) is 9.78 Å². The summed E-state index contributed by atoms with van der Waals surface area (Å²) in [4.78, 5) is 57.9. The van der Waals surface area contributed by atoms with Crippen LogP contribution in [-0.4, -0.2) is 68.0 Å². The fraction of sp³-hybridized carbons (Fsp3) is 0.500. The number of rotatable bonds is 14. The molecule has 2 aromatic rings. The molecule has 0 aliphatic rings. The van der Waals surface area contributed by atoms with Crippen LogP contribution < -0.4 is 21.7 Å². The second-order valence-electron chi connectivity index (χ2n) is 9.76. The SMILES string of the molecule is CCC(C)C(NC(=O)C(N)Cc1cnc[nH]1)C(=O)NC(Cc1ccc(O)cc1)C(=O)NC(C(=O)O)C(C)C. The summed E-state index contributed by atoms with van der Waals surface area (Å²) < 4.78 is 0. The van der Waals surface area contributed by atoms with E-state index in [1.165, 1.54) is 18.5 Å². The summed E-state index contributed by atoms with van der Waals surface area (Å²) in [5.74, 6) is -3.67. The summed E-state index contributed by atoms with van der Waals surface area (Å²) in [6.07, 6.45) is 3.81. The minimum Gasteiger partial charge on any atom is -0.508 e. The minimum absolute atomic E-state index is 0.0306. The maximum absolute atomic E-state index is 13.4. The molecular weight excluding hydrogens is 492 g/mol. The Morgan fingerprint density at radius 2 is 1.58 bits per heavy atom. The van der Waals surface area contributed by atoms with E-state index in [0.717, 1.165) is 0 Å². The van der Waals surface area contributed by atoms with Crippen LogP contribution in [0.3, 0.4) is 0 Å². The molecule has 2 rings (SSSR count). The van der Waals surface area contributed by atoms with E-state index in [1.807, 2.05) is 6.92 Å². The Kier molecular flexibility index (Phi) is 11.3. The zero-order valence-corrected chi connectivity index (χ0v) is 22.1. The summed E-state index contributed by atoms with van der Waals surface area (Å²) in [5.41, 5.74) is 7.34. The van der Waals surface area contributed by atoms with E-state index in [2.05, 4.69) is 25.9 Å². The van der Waals surface area contributed by atoms with Gasteiger partial charge in [0.25, 0.3) is 0 Å². The third kappa shape index (κ3) is 8.87. The van der Waals surface area contributed by atoms with Crippen LogP contribution in [0, 0.1) is 11.8 Å². The van der Waals surface area contributed by atoms with Crippen LogP contribution >= 0.6 is 0 Å². The summed E-state index contributed by atoms with van der Waals surface area (Å²) >= 11 is 0. The Balaban J connectivity index is 2.23. The molecule has 1 aromatic carbocycles. The zero-order valence-electron chi connectivity index (χ0n) is 22.1. The number of aromatic nitrogens is 2. The number of amides is 3. The quantitative estimate of drug-likeness (QED) is 0.183. The monoisotopic (exact) mass is 530 g/mol. The van der Waals surface area contributed by atoms with Crippen LogP contribution in [0.1, 0.15) is 45.4 Å². The molecule has 0 aliphatic heterocycles. The third-order valence-corrected chi connectivity index (χ3v) is 6.36. The number of nitrogens with one attached hydrogen (secondary N) is 4. The van der Waals surface area contributed by atoms with Gasteiger partial charge in [0.1, 0.15) is 23.9 Å². The van der Waals surface area contributed by atoms with Gasteiger partial charge in [-0.05, 0) is 29.5 Å². The lowest BCUT2D eigenvalue weighted by Crippen LogP contribution is -2.59. The lowest BCUT2D eigenvalue weighted by Gasteiger charge is -2.28. The second-order valence-corrected chi connectivity index (χ2v) is 9.76. The third-order valence-electron chi connectivity index (χ3n) is 6.36. The average Bonchev–Trinajstić information content (AvgIpc) is 3.38. The van der Waals surface area contributed by atoms with Crippen LogP contribution in [-0.2, 0) is 32.0 Å². The highest BCUT2D eigenvalue weighted by atomic mass is 16.4. The van der Waals surface area contributed by atoms with Crippen molar-refractivity contribution in [2.75, 3.05) is 0 Å². The van der Waals surface area contributed by atoms with Gasteiger partial charge in [-0.2, -0.15) is 0 Å². The first-order valence-corrected chi connectivity index (χ1v) is 12.6. The molecule has 0 bridgehead atoms. The van der Waals surface area contributed by atoms with Gasteiger partial charge in [0.05, 0.1) is 12.4 Å². The number of hydrogen-bond donors (Lipinski definition) is 7. The van der Waals surface area contributed by atoms with E-state index >= 15 is 0 Å². The molecule has 0 fully saturated rings. The molecule has 0 spiro atoms. The Morgan fingerprint density at radius 1 is 0.947 bits per heavy atom. The highest BCUT2D eigenvalue weighted by Gasteiger charge is 2.33. The van der Waals surface area contributed by atoms with E-state index in [1.54, 1.807) is 39.1 Å². The Labute approximate surface area is 221 Å². The molecule has 8 N–H and O–H groups in total. The molecule has 0 aliphatic carbocycles. The summed E-state index contributed by atoms with van der Waals surface area (Å²) in [5, 5.41) is 27.0. The number of aromatic amines is 1. The van der Waals surface area contributed by atoms with Crippen molar-refractivity contribution in [3.05, 3.63) is 48.0 Å². The first kappa shape index (κ1) is 30.3. The number of nitrogens with two attached hydrogens (primary N) is 1. The number of phenolic OH excluding ortho intramolecular Hbond substituents is 1. The van der Waals surface area contributed by atoms with Crippen molar-refractivity contribution < 1.29 is 29.4 Å². The molecule has 5 atom stereocenters. The molecule has 12 heteroatoms. The number of benzene rings is 1. The number of carboxylic acids is 1. The number of nitrogens with zero attached hydrogens (tertiary/aromatic N) is 1. The fourth-order valence-electron chi connectivity index (χ4n) is 3.79. The van der Waals surface area contributed by atoms with Crippen LogP contribution in [0.2, 0.25) is 0 Å². The molecule has 1 aromatic heterocycles. The van der Waals surface area contributed by atoms with Crippen molar-refractivity contribution in [1.82, 2.24) is 25.9 Å². The first-order chi connectivity index (χ1) is 17.9. The Morgan fingerprint density at radius 3 is 2.11 bits per heavy atom. The van der Waals surface area contributed by atoms with Gasteiger partial charge < -0.3 is 36.9 Å². The highest BCUT2D eigenvalue weighted by Crippen LogP contribution is 2.14. The summed E-state index contributed by atoms with van der Waals surface area (Å²) in [6.45, 7) is 6.98. The topological polar surface area (TPSA) is 200 Å². The Hall–Kier alpha value is -3.93. The molecule has 0 radical (unpaired) electrons. The molecule has 208 valence electrons. The van der Waals surface area contributed by atoms with Gasteiger partial charge >= 0.3 is 5.97 Å². The standard InChI is InChI=1S/C26H38N6O6/c1-5-15(4)22(32-23(34)19(27)11-17-12-28-13-29-17)25(36)30-20(10-16-6-8-18(33)9-7-16)24(35)31-21(14(2)3)26(37)38/h6-9,12-15,19-22,33H,5,10-11,27H2,1-4H3,(H,28,29)(H,30,36)(H,31,35)(H,32,34)(H,37,38). The van der Waals surface area contributed by atoms with E-state index in [9.17, 15) is 29.4 Å². The van der Waals surface area contributed by atoms with Crippen LogP contribution in [0.5, 0.6) is 5.75 Å². The van der Waals surface area contributed by atoms with Crippen molar-refractivity contribution in [3.63, 3.8) is 0 Å². The molecule has 0 saturated carbocycles.